The number of aromatic hydroxyl groups is 1. The number of phenols is 1. The molecule has 0 aliphatic carbocycles. The minimum atomic E-state index is 0.317. The van der Waals surface area contributed by atoms with E-state index in [1.807, 2.05) is 12.1 Å². The van der Waals surface area contributed by atoms with E-state index in [0.29, 0.717) is 11.8 Å². The summed E-state index contributed by atoms with van der Waals surface area (Å²) in [6, 6.07) is 18.5. The standard InChI is InChI=1S/C18H22N2O/c21-18-10-4-8-16(12-18)19-17-9-5-11-20(14-17)13-15-6-2-1-3-7-15/h1-4,6-8,10,12,17,19,21H,5,9,11,13-14H2. The molecule has 1 unspecified atom stereocenters. The Bertz CT molecular complexity index is 570. The lowest BCUT2D eigenvalue weighted by Gasteiger charge is -2.33. The number of hydrogen-bond donors (Lipinski definition) is 2. The lowest BCUT2D eigenvalue weighted by atomic mass is 10.0. The molecule has 0 aromatic heterocycles. The van der Waals surface area contributed by atoms with Gasteiger partial charge in [0.05, 0.1) is 0 Å². The Morgan fingerprint density at radius 1 is 1.10 bits per heavy atom. The summed E-state index contributed by atoms with van der Waals surface area (Å²) < 4.78 is 0. The van der Waals surface area contributed by atoms with E-state index < -0.39 is 0 Å². The van der Waals surface area contributed by atoms with Gasteiger partial charge in [0.25, 0.3) is 0 Å². The summed E-state index contributed by atoms with van der Waals surface area (Å²) >= 11 is 0. The van der Waals surface area contributed by atoms with Crippen LogP contribution in [0.5, 0.6) is 5.75 Å². The fourth-order valence-corrected chi connectivity index (χ4v) is 2.99. The van der Waals surface area contributed by atoms with Gasteiger partial charge in [0, 0.05) is 30.9 Å². The van der Waals surface area contributed by atoms with Crippen LogP contribution in [0.3, 0.4) is 0 Å². The Morgan fingerprint density at radius 2 is 1.95 bits per heavy atom. The average Bonchev–Trinajstić information content (AvgIpc) is 2.49. The van der Waals surface area contributed by atoms with Crippen LogP contribution in [0.2, 0.25) is 0 Å². The molecule has 3 rings (SSSR count). The summed E-state index contributed by atoms with van der Waals surface area (Å²) in [4.78, 5) is 2.50. The quantitative estimate of drug-likeness (QED) is 0.901. The highest BCUT2D eigenvalue weighted by Crippen LogP contribution is 2.20. The van der Waals surface area contributed by atoms with Crippen LogP contribution >= 0.6 is 0 Å². The molecular weight excluding hydrogens is 260 g/mol. The van der Waals surface area contributed by atoms with Crippen LogP contribution < -0.4 is 5.32 Å². The van der Waals surface area contributed by atoms with Crippen LogP contribution in [-0.2, 0) is 6.54 Å². The van der Waals surface area contributed by atoms with Gasteiger partial charge in [-0.05, 0) is 37.1 Å². The van der Waals surface area contributed by atoms with Gasteiger partial charge in [-0.2, -0.15) is 0 Å². The number of anilines is 1. The Morgan fingerprint density at radius 3 is 2.76 bits per heavy atom. The second-order valence-corrected chi connectivity index (χ2v) is 5.75. The van der Waals surface area contributed by atoms with Crippen LogP contribution in [-0.4, -0.2) is 29.1 Å². The lowest BCUT2D eigenvalue weighted by Crippen LogP contribution is -2.41. The van der Waals surface area contributed by atoms with Crippen LogP contribution in [0.25, 0.3) is 0 Å². The van der Waals surface area contributed by atoms with Gasteiger partial charge in [-0.25, -0.2) is 0 Å². The first-order chi connectivity index (χ1) is 10.3. The van der Waals surface area contributed by atoms with Crippen molar-refractivity contribution in [3.8, 4) is 5.75 Å². The van der Waals surface area contributed by atoms with E-state index in [1.165, 1.54) is 18.4 Å². The number of nitrogens with zero attached hydrogens (tertiary/aromatic N) is 1. The first-order valence-electron chi connectivity index (χ1n) is 7.61. The molecule has 0 saturated carbocycles. The molecule has 2 N–H and O–H groups in total. The molecule has 1 atom stereocenters. The molecule has 3 nitrogen and oxygen atoms in total. The second kappa shape index (κ2) is 6.64. The molecule has 110 valence electrons. The molecule has 21 heavy (non-hydrogen) atoms. The van der Waals surface area contributed by atoms with Gasteiger partial charge in [-0.15, -0.1) is 0 Å². The first-order valence-corrected chi connectivity index (χ1v) is 7.61. The summed E-state index contributed by atoms with van der Waals surface area (Å²) in [5.74, 6) is 0.317. The lowest BCUT2D eigenvalue weighted by molar-refractivity contribution is 0.208. The Labute approximate surface area is 126 Å². The summed E-state index contributed by atoms with van der Waals surface area (Å²) in [6.07, 6.45) is 2.39. The highest BCUT2D eigenvalue weighted by molar-refractivity contribution is 5.48. The van der Waals surface area contributed by atoms with E-state index in [4.69, 9.17) is 0 Å². The smallest absolute Gasteiger partial charge is 0.117 e. The van der Waals surface area contributed by atoms with E-state index in [1.54, 1.807) is 12.1 Å². The van der Waals surface area contributed by atoms with Gasteiger partial charge in [0.1, 0.15) is 5.75 Å². The monoisotopic (exact) mass is 282 g/mol. The molecule has 1 heterocycles. The van der Waals surface area contributed by atoms with Gasteiger partial charge < -0.3 is 10.4 Å². The highest BCUT2D eigenvalue weighted by Gasteiger charge is 2.19. The van der Waals surface area contributed by atoms with Crippen molar-refractivity contribution in [2.24, 2.45) is 0 Å². The molecule has 3 heteroatoms. The highest BCUT2D eigenvalue weighted by atomic mass is 16.3. The van der Waals surface area contributed by atoms with Gasteiger partial charge in [-0.1, -0.05) is 36.4 Å². The van der Waals surface area contributed by atoms with Crippen LogP contribution in [0.15, 0.2) is 54.6 Å². The number of rotatable bonds is 4. The molecule has 1 fully saturated rings. The number of benzene rings is 2. The minimum Gasteiger partial charge on any atom is -0.508 e. The Hall–Kier alpha value is -2.00. The van der Waals surface area contributed by atoms with Crippen molar-refractivity contribution >= 4 is 5.69 Å². The third-order valence-electron chi connectivity index (χ3n) is 3.97. The number of nitrogens with one attached hydrogen (secondary N) is 1. The molecule has 2 aromatic carbocycles. The number of phenolic OH excluding ortho intramolecular Hbond substituents is 1. The van der Waals surface area contributed by atoms with Crippen molar-refractivity contribution in [2.75, 3.05) is 18.4 Å². The zero-order valence-electron chi connectivity index (χ0n) is 12.2. The normalized spacial score (nSPS) is 19.3. The van der Waals surface area contributed by atoms with Crippen molar-refractivity contribution in [1.29, 1.82) is 0 Å². The largest absolute Gasteiger partial charge is 0.508 e. The Balaban J connectivity index is 1.58. The zero-order valence-corrected chi connectivity index (χ0v) is 12.2. The molecule has 0 spiro atoms. The number of piperidine rings is 1. The molecule has 1 saturated heterocycles. The van der Waals surface area contributed by atoms with Crippen molar-refractivity contribution in [3.05, 3.63) is 60.2 Å². The van der Waals surface area contributed by atoms with Gasteiger partial charge in [-0.3, -0.25) is 4.90 Å². The summed E-state index contributed by atoms with van der Waals surface area (Å²) in [7, 11) is 0. The predicted octanol–water partition coefficient (Wildman–Crippen LogP) is 3.47. The molecule has 0 radical (unpaired) electrons. The van der Waals surface area contributed by atoms with Crippen molar-refractivity contribution in [3.63, 3.8) is 0 Å². The first kappa shape index (κ1) is 14.0. The molecule has 0 amide bonds. The molecule has 1 aliphatic rings. The van der Waals surface area contributed by atoms with E-state index in [0.717, 1.165) is 25.3 Å². The topological polar surface area (TPSA) is 35.5 Å². The van der Waals surface area contributed by atoms with E-state index in [2.05, 4.69) is 40.5 Å². The van der Waals surface area contributed by atoms with Gasteiger partial charge >= 0.3 is 0 Å². The van der Waals surface area contributed by atoms with Crippen LogP contribution in [0.1, 0.15) is 18.4 Å². The summed E-state index contributed by atoms with van der Waals surface area (Å²) in [6.45, 7) is 3.22. The maximum Gasteiger partial charge on any atom is 0.117 e. The molecule has 0 bridgehead atoms. The van der Waals surface area contributed by atoms with Crippen molar-refractivity contribution in [2.45, 2.75) is 25.4 Å². The van der Waals surface area contributed by atoms with E-state index >= 15 is 0 Å². The average molecular weight is 282 g/mol. The maximum absolute atomic E-state index is 9.54. The van der Waals surface area contributed by atoms with E-state index in [-0.39, 0.29) is 0 Å². The van der Waals surface area contributed by atoms with Gasteiger partial charge in [0.15, 0.2) is 0 Å². The van der Waals surface area contributed by atoms with Gasteiger partial charge in [0.2, 0.25) is 0 Å². The SMILES string of the molecule is Oc1cccc(NC2CCCN(Cc3ccccc3)C2)c1. The Kier molecular flexibility index (Phi) is 4.41. The number of hydrogen-bond acceptors (Lipinski definition) is 3. The summed E-state index contributed by atoms with van der Waals surface area (Å²) in [5, 5.41) is 13.1. The molecule has 1 aliphatic heterocycles. The third kappa shape index (κ3) is 3.99. The zero-order chi connectivity index (χ0) is 14.5. The van der Waals surface area contributed by atoms with Crippen molar-refractivity contribution < 1.29 is 5.11 Å². The fraction of sp³-hybridized carbons (Fsp3) is 0.333. The van der Waals surface area contributed by atoms with Crippen LogP contribution in [0.4, 0.5) is 5.69 Å². The second-order valence-electron chi connectivity index (χ2n) is 5.75. The fourth-order valence-electron chi connectivity index (χ4n) is 2.99. The van der Waals surface area contributed by atoms with Crippen LogP contribution in [0, 0.1) is 0 Å². The minimum absolute atomic E-state index is 0.317. The molecular formula is C18H22N2O. The predicted molar refractivity (Wildman–Crippen MR) is 86.5 cm³/mol. The number of likely N-dealkylation sites (tertiary alicyclic amines) is 1. The summed E-state index contributed by atoms with van der Waals surface area (Å²) in [5.41, 5.74) is 2.37. The van der Waals surface area contributed by atoms with Crippen molar-refractivity contribution in [1.82, 2.24) is 4.90 Å². The third-order valence-corrected chi connectivity index (χ3v) is 3.97. The maximum atomic E-state index is 9.54. The molecule has 2 aromatic rings. The van der Waals surface area contributed by atoms with E-state index in [9.17, 15) is 5.11 Å².